The number of nitrogens with zero attached hydrogens (tertiary/aromatic N) is 1. The fourth-order valence-corrected chi connectivity index (χ4v) is 1.43. The zero-order valence-corrected chi connectivity index (χ0v) is 11.4. The molecule has 2 amide bonds. The Balaban J connectivity index is 4.32. The first-order valence-electron chi connectivity index (χ1n) is 6.29. The fraction of sp³-hybridized carbons (Fsp3) is 0.833. The Hall–Kier alpha value is -1.10. The van der Waals surface area contributed by atoms with E-state index in [0.717, 1.165) is 12.8 Å². The quantitative estimate of drug-likeness (QED) is 0.647. The van der Waals surface area contributed by atoms with Gasteiger partial charge >= 0.3 is 0 Å². The minimum atomic E-state index is -0.250. The van der Waals surface area contributed by atoms with Crippen LogP contribution in [-0.2, 0) is 9.59 Å². The third-order valence-corrected chi connectivity index (χ3v) is 2.52. The van der Waals surface area contributed by atoms with E-state index < -0.39 is 0 Å². The van der Waals surface area contributed by atoms with E-state index in [1.165, 1.54) is 0 Å². The van der Waals surface area contributed by atoms with Gasteiger partial charge in [0.05, 0.1) is 12.6 Å². The van der Waals surface area contributed by atoms with Crippen molar-refractivity contribution in [1.29, 1.82) is 0 Å². The van der Waals surface area contributed by atoms with Crippen LogP contribution < -0.4 is 10.6 Å². The van der Waals surface area contributed by atoms with Gasteiger partial charge in [0.2, 0.25) is 11.8 Å². The van der Waals surface area contributed by atoms with Crippen molar-refractivity contribution in [2.75, 3.05) is 26.7 Å². The van der Waals surface area contributed by atoms with Crippen LogP contribution >= 0.6 is 0 Å². The highest BCUT2D eigenvalue weighted by molar-refractivity contribution is 5.87. The summed E-state index contributed by atoms with van der Waals surface area (Å²) in [4.78, 5) is 25.1. The molecule has 0 heterocycles. The lowest BCUT2D eigenvalue weighted by atomic mass is 10.2. The van der Waals surface area contributed by atoms with Crippen LogP contribution in [0.1, 0.15) is 33.6 Å². The first kappa shape index (κ1) is 15.9. The number of carbonyl (C=O) groups is 2. The van der Waals surface area contributed by atoms with Crippen molar-refractivity contribution in [2.24, 2.45) is 0 Å². The Labute approximate surface area is 104 Å². The van der Waals surface area contributed by atoms with Crippen molar-refractivity contribution in [3.63, 3.8) is 0 Å². The van der Waals surface area contributed by atoms with Gasteiger partial charge in [-0.05, 0) is 26.8 Å². The minimum Gasteiger partial charge on any atom is -0.355 e. The Morgan fingerprint density at radius 3 is 2.35 bits per heavy atom. The summed E-state index contributed by atoms with van der Waals surface area (Å²) in [6, 6.07) is -0.250. The monoisotopic (exact) mass is 243 g/mol. The summed E-state index contributed by atoms with van der Waals surface area (Å²) >= 11 is 0. The molecule has 5 heteroatoms. The van der Waals surface area contributed by atoms with Crippen LogP contribution in [0, 0.1) is 0 Å². The molecule has 0 aromatic heterocycles. The topological polar surface area (TPSA) is 61.4 Å². The average molecular weight is 243 g/mol. The summed E-state index contributed by atoms with van der Waals surface area (Å²) in [6.45, 7) is 7.22. The molecule has 0 saturated heterocycles. The first-order chi connectivity index (χ1) is 8.06. The number of hydrogen-bond donors (Lipinski definition) is 2. The Morgan fingerprint density at radius 2 is 1.88 bits per heavy atom. The zero-order valence-electron chi connectivity index (χ0n) is 11.4. The molecule has 1 unspecified atom stereocenters. The van der Waals surface area contributed by atoms with Crippen LogP contribution in [0.2, 0.25) is 0 Å². The second kappa shape index (κ2) is 8.98. The largest absolute Gasteiger partial charge is 0.355 e. The van der Waals surface area contributed by atoms with Crippen LogP contribution in [0.15, 0.2) is 0 Å². The molecule has 2 N–H and O–H groups in total. The normalized spacial score (nSPS) is 12.0. The maximum Gasteiger partial charge on any atom is 0.239 e. The Morgan fingerprint density at radius 1 is 1.24 bits per heavy atom. The van der Waals surface area contributed by atoms with Crippen LogP contribution in [0.4, 0.5) is 0 Å². The molecular weight excluding hydrogens is 218 g/mol. The molecule has 0 bridgehead atoms. The molecule has 0 aliphatic rings. The minimum absolute atomic E-state index is 0.0269. The molecule has 0 aromatic carbocycles. The van der Waals surface area contributed by atoms with Crippen molar-refractivity contribution in [1.82, 2.24) is 15.5 Å². The number of likely N-dealkylation sites (N-methyl/N-ethyl adjacent to an activating group) is 1. The molecule has 0 aliphatic carbocycles. The molecule has 5 nitrogen and oxygen atoms in total. The first-order valence-corrected chi connectivity index (χ1v) is 6.29. The van der Waals surface area contributed by atoms with Crippen molar-refractivity contribution < 1.29 is 9.59 Å². The summed E-state index contributed by atoms with van der Waals surface area (Å²) in [6.07, 6.45) is 1.75. The maximum atomic E-state index is 12.0. The summed E-state index contributed by atoms with van der Waals surface area (Å²) in [5, 5.41) is 5.68. The van der Waals surface area contributed by atoms with E-state index in [2.05, 4.69) is 10.6 Å². The van der Waals surface area contributed by atoms with Gasteiger partial charge in [-0.1, -0.05) is 13.8 Å². The van der Waals surface area contributed by atoms with Crippen LogP contribution in [-0.4, -0.2) is 49.4 Å². The van der Waals surface area contributed by atoms with Gasteiger partial charge in [-0.25, -0.2) is 0 Å². The molecule has 0 aromatic rings. The molecule has 0 aliphatic heterocycles. The van der Waals surface area contributed by atoms with Gasteiger partial charge in [-0.3, -0.25) is 9.59 Å². The number of nitrogens with one attached hydrogen (secondary N) is 2. The van der Waals surface area contributed by atoms with E-state index in [4.69, 9.17) is 0 Å². The number of carbonyl (C=O) groups excluding carboxylic acids is 2. The lowest BCUT2D eigenvalue weighted by molar-refractivity contribution is -0.137. The van der Waals surface area contributed by atoms with E-state index in [1.54, 1.807) is 18.9 Å². The van der Waals surface area contributed by atoms with E-state index >= 15 is 0 Å². The number of rotatable bonds is 8. The Kier molecular flexibility index (Phi) is 8.40. The number of hydrogen-bond acceptors (Lipinski definition) is 3. The Bertz CT molecular complexity index is 244. The molecule has 100 valence electrons. The van der Waals surface area contributed by atoms with Gasteiger partial charge < -0.3 is 15.5 Å². The van der Waals surface area contributed by atoms with Crippen molar-refractivity contribution in [2.45, 2.75) is 39.7 Å². The van der Waals surface area contributed by atoms with Crippen LogP contribution in [0.5, 0.6) is 0 Å². The van der Waals surface area contributed by atoms with Gasteiger partial charge in [0.25, 0.3) is 0 Å². The highest BCUT2D eigenvalue weighted by Gasteiger charge is 2.20. The summed E-state index contributed by atoms with van der Waals surface area (Å²) in [5.74, 6) is -0.113. The molecular formula is C12H25N3O2. The molecule has 0 saturated carbocycles. The molecule has 1 atom stereocenters. The predicted molar refractivity (Wildman–Crippen MR) is 68.7 cm³/mol. The van der Waals surface area contributed by atoms with Gasteiger partial charge in [0, 0.05) is 13.1 Å². The van der Waals surface area contributed by atoms with Gasteiger partial charge in [0.1, 0.15) is 0 Å². The van der Waals surface area contributed by atoms with E-state index in [-0.39, 0.29) is 24.4 Å². The van der Waals surface area contributed by atoms with E-state index in [0.29, 0.717) is 13.1 Å². The average Bonchev–Trinajstić information content (AvgIpc) is 2.33. The van der Waals surface area contributed by atoms with Gasteiger partial charge in [-0.2, -0.15) is 0 Å². The number of amides is 2. The summed E-state index contributed by atoms with van der Waals surface area (Å²) in [7, 11) is 1.74. The molecule has 0 fully saturated rings. The third kappa shape index (κ3) is 6.26. The van der Waals surface area contributed by atoms with Crippen molar-refractivity contribution >= 4 is 11.8 Å². The van der Waals surface area contributed by atoms with E-state index in [9.17, 15) is 9.59 Å². The van der Waals surface area contributed by atoms with Crippen molar-refractivity contribution in [3.8, 4) is 0 Å². The SMILES string of the molecule is CCCNC(=O)CN(CCC)C(=O)C(C)NC. The predicted octanol–water partition coefficient (Wildman–Crippen LogP) is 0.359. The van der Waals surface area contributed by atoms with Gasteiger partial charge in [0.15, 0.2) is 0 Å². The smallest absolute Gasteiger partial charge is 0.239 e. The lowest BCUT2D eigenvalue weighted by Crippen LogP contribution is -2.48. The molecule has 0 radical (unpaired) electrons. The second-order valence-corrected chi connectivity index (χ2v) is 4.12. The third-order valence-electron chi connectivity index (χ3n) is 2.52. The maximum absolute atomic E-state index is 12.0. The lowest BCUT2D eigenvalue weighted by Gasteiger charge is -2.24. The summed E-state index contributed by atoms with van der Waals surface area (Å²) in [5.41, 5.74) is 0. The molecule has 0 spiro atoms. The van der Waals surface area contributed by atoms with E-state index in [1.807, 2.05) is 13.8 Å². The molecule has 17 heavy (non-hydrogen) atoms. The zero-order chi connectivity index (χ0) is 13.3. The van der Waals surface area contributed by atoms with Gasteiger partial charge in [-0.15, -0.1) is 0 Å². The van der Waals surface area contributed by atoms with Crippen molar-refractivity contribution in [3.05, 3.63) is 0 Å². The summed E-state index contributed by atoms with van der Waals surface area (Å²) < 4.78 is 0. The highest BCUT2D eigenvalue weighted by Crippen LogP contribution is 1.97. The highest BCUT2D eigenvalue weighted by atomic mass is 16.2. The van der Waals surface area contributed by atoms with Crippen LogP contribution in [0.25, 0.3) is 0 Å². The second-order valence-electron chi connectivity index (χ2n) is 4.12. The fourth-order valence-electron chi connectivity index (χ4n) is 1.43. The van der Waals surface area contributed by atoms with Crippen LogP contribution in [0.3, 0.4) is 0 Å². The standard InChI is InChI=1S/C12H25N3O2/c1-5-7-14-11(16)9-15(8-6-2)12(17)10(3)13-4/h10,13H,5-9H2,1-4H3,(H,14,16). The molecule has 0 rings (SSSR count).